The number of rotatable bonds is 13. The van der Waals surface area contributed by atoms with E-state index in [1.54, 1.807) is 6.92 Å². The SMILES string of the molecule is CC(=O)CCCCCSC1CC(=O)N(CCCCCC(=O)F)C1=O. The van der Waals surface area contributed by atoms with Crippen molar-refractivity contribution in [3.8, 4) is 0 Å². The van der Waals surface area contributed by atoms with Gasteiger partial charge in [-0.25, -0.2) is 0 Å². The summed E-state index contributed by atoms with van der Waals surface area (Å²) in [5.74, 6) is 0.741. The molecule has 1 fully saturated rings. The average molecular weight is 359 g/mol. The van der Waals surface area contributed by atoms with E-state index in [0.717, 1.165) is 25.0 Å². The molecule has 5 nitrogen and oxygen atoms in total. The molecule has 0 radical (unpaired) electrons. The van der Waals surface area contributed by atoms with Gasteiger partial charge in [-0.2, -0.15) is 4.39 Å². The molecule has 1 saturated heterocycles. The molecule has 7 heteroatoms. The molecule has 0 bridgehead atoms. The Bertz CT molecular complexity index is 470. The lowest BCUT2D eigenvalue weighted by molar-refractivity contribution is -0.138. The Morgan fingerprint density at radius 3 is 2.42 bits per heavy atom. The van der Waals surface area contributed by atoms with Crippen LogP contribution in [0.2, 0.25) is 0 Å². The fraction of sp³-hybridized carbons (Fsp3) is 0.765. The van der Waals surface area contributed by atoms with Crippen LogP contribution in [0.15, 0.2) is 0 Å². The molecule has 0 aliphatic carbocycles. The number of hydrogen-bond donors (Lipinski definition) is 0. The highest BCUT2D eigenvalue weighted by Crippen LogP contribution is 2.26. The highest BCUT2D eigenvalue weighted by atomic mass is 32.2. The van der Waals surface area contributed by atoms with Crippen LogP contribution in [0.1, 0.15) is 64.7 Å². The van der Waals surface area contributed by atoms with E-state index >= 15 is 0 Å². The molecule has 1 atom stereocenters. The zero-order valence-electron chi connectivity index (χ0n) is 14.2. The van der Waals surface area contributed by atoms with Crippen molar-refractivity contribution in [2.24, 2.45) is 0 Å². The predicted octanol–water partition coefficient (Wildman–Crippen LogP) is 3.05. The van der Waals surface area contributed by atoms with Crippen LogP contribution >= 0.6 is 11.8 Å². The number of hydrogen-bond acceptors (Lipinski definition) is 5. The van der Waals surface area contributed by atoms with Crippen molar-refractivity contribution in [2.45, 2.75) is 70.0 Å². The summed E-state index contributed by atoms with van der Waals surface area (Å²) in [4.78, 5) is 46.5. The topological polar surface area (TPSA) is 71.5 Å². The second kappa shape index (κ2) is 11.3. The lowest BCUT2D eigenvalue weighted by atomic mass is 10.2. The first-order valence-electron chi connectivity index (χ1n) is 8.55. The summed E-state index contributed by atoms with van der Waals surface area (Å²) in [6.45, 7) is 1.94. The molecule has 0 aromatic rings. The van der Waals surface area contributed by atoms with Crippen molar-refractivity contribution in [3.05, 3.63) is 0 Å². The Labute approximate surface area is 146 Å². The number of ketones is 1. The van der Waals surface area contributed by atoms with Gasteiger partial charge in [0.15, 0.2) is 0 Å². The van der Waals surface area contributed by atoms with Crippen molar-refractivity contribution >= 4 is 35.4 Å². The van der Waals surface area contributed by atoms with Crippen LogP contribution in [0, 0.1) is 0 Å². The van der Waals surface area contributed by atoms with Crippen molar-refractivity contribution in [1.29, 1.82) is 0 Å². The molecular weight excluding hydrogens is 333 g/mol. The van der Waals surface area contributed by atoms with E-state index in [1.807, 2.05) is 0 Å². The Morgan fingerprint density at radius 1 is 1.08 bits per heavy atom. The maximum atomic E-state index is 12.2. The van der Waals surface area contributed by atoms with Gasteiger partial charge in [0.1, 0.15) is 5.78 Å². The second-order valence-corrected chi connectivity index (χ2v) is 7.44. The van der Waals surface area contributed by atoms with Gasteiger partial charge < -0.3 is 4.79 Å². The van der Waals surface area contributed by atoms with Crippen LogP contribution in [-0.2, 0) is 19.2 Å². The van der Waals surface area contributed by atoms with Crippen LogP contribution in [0.5, 0.6) is 0 Å². The molecule has 0 saturated carbocycles. The molecule has 0 N–H and O–H groups in total. The van der Waals surface area contributed by atoms with Gasteiger partial charge in [0, 0.05) is 25.8 Å². The predicted molar refractivity (Wildman–Crippen MR) is 91.3 cm³/mol. The van der Waals surface area contributed by atoms with E-state index in [2.05, 4.69) is 0 Å². The number of halogens is 1. The van der Waals surface area contributed by atoms with E-state index in [1.165, 1.54) is 16.7 Å². The van der Waals surface area contributed by atoms with Crippen molar-refractivity contribution in [3.63, 3.8) is 0 Å². The molecule has 136 valence electrons. The minimum Gasteiger partial charge on any atom is -0.300 e. The summed E-state index contributed by atoms with van der Waals surface area (Å²) >= 11 is 1.51. The third kappa shape index (κ3) is 8.04. The van der Waals surface area contributed by atoms with Crippen LogP contribution in [0.3, 0.4) is 0 Å². The number of amides is 2. The number of carbonyl (C=O) groups excluding carboxylic acids is 4. The van der Waals surface area contributed by atoms with Crippen LogP contribution in [0.4, 0.5) is 4.39 Å². The molecule has 1 aliphatic rings. The van der Waals surface area contributed by atoms with Gasteiger partial charge in [-0.15, -0.1) is 11.8 Å². The fourth-order valence-electron chi connectivity index (χ4n) is 2.61. The molecule has 1 aliphatic heterocycles. The first-order valence-corrected chi connectivity index (χ1v) is 9.60. The molecule has 1 heterocycles. The summed E-state index contributed by atoms with van der Waals surface area (Å²) in [6.07, 6.45) is 5.21. The van der Waals surface area contributed by atoms with E-state index in [4.69, 9.17) is 0 Å². The first kappa shape index (κ1) is 20.8. The normalized spacial score (nSPS) is 17.6. The van der Waals surface area contributed by atoms with Crippen LogP contribution in [0.25, 0.3) is 0 Å². The molecular formula is C17H26FNO4S. The maximum Gasteiger partial charge on any atom is 0.301 e. The molecule has 24 heavy (non-hydrogen) atoms. The highest BCUT2D eigenvalue weighted by molar-refractivity contribution is 8.00. The largest absolute Gasteiger partial charge is 0.301 e. The molecule has 0 spiro atoms. The number of thioether (sulfide) groups is 1. The van der Waals surface area contributed by atoms with E-state index in [-0.39, 0.29) is 35.7 Å². The van der Waals surface area contributed by atoms with Gasteiger partial charge in [0.25, 0.3) is 0 Å². The number of imide groups is 1. The van der Waals surface area contributed by atoms with Crippen molar-refractivity contribution in [2.75, 3.05) is 12.3 Å². The standard InChI is InChI=1S/C17H26FNO4S/c1-13(20)8-4-3-7-11-24-14-12-16(22)19(17(14)23)10-6-2-5-9-15(18)21/h14H,2-12H2,1H3. The van der Waals surface area contributed by atoms with Crippen LogP contribution in [-0.4, -0.2) is 46.1 Å². The molecule has 0 aromatic heterocycles. The van der Waals surface area contributed by atoms with Gasteiger partial charge in [-0.3, -0.25) is 19.3 Å². The summed E-state index contributed by atoms with van der Waals surface area (Å²) in [5.41, 5.74) is 0. The smallest absolute Gasteiger partial charge is 0.300 e. The van der Waals surface area contributed by atoms with E-state index in [9.17, 15) is 23.6 Å². The van der Waals surface area contributed by atoms with Gasteiger partial charge in [-0.05, 0) is 38.4 Å². The first-order chi connectivity index (χ1) is 11.4. The minimum absolute atomic E-state index is 0.0933. The Balaban J connectivity index is 2.18. The third-order valence-corrected chi connectivity index (χ3v) is 5.24. The number of unbranched alkanes of at least 4 members (excludes halogenated alkanes) is 4. The van der Waals surface area contributed by atoms with Gasteiger partial charge in [-0.1, -0.05) is 12.8 Å². The lowest BCUT2D eigenvalue weighted by Gasteiger charge is -2.14. The van der Waals surface area contributed by atoms with E-state index < -0.39 is 6.04 Å². The quantitative estimate of drug-likeness (QED) is 0.287. The number of nitrogens with zero attached hydrogens (tertiary/aromatic N) is 1. The van der Waals surface area contributed by atoms with Gasteiger partial charge in [0.2, 0.25) is 11.8 Å². The van der Waals surface area contributed by atoms with Crippen molar-refractivity contribution in [1.82, 2.24) is 4.90 Å². The highest BCUT2D eigenvalue weighted by Gasteiger charge is 2.37. The van der Waals surface area contributed by atoms with Gasteiger partial charge >= 0.3 is 6.04 Å². The fourth-order valence-corrected chi connectivity index (χ4v) is 3.79. The number of likely N-dealkylation sites (tertiary alicyclic amines) is 1. The van der Waals surface area contributed by atoms with Crippen LogP contribution < -0.4 is 0 Å². The summed E-state index contributed by atoms with van der Waals surface area (Å²) in [5, 5.41) is -0.294. The summed E-state index contributed by atoms with van der Waals surface area (Å²) in [7, 11) is 0. The van der Waals surface area contributed by atoms with E-state index in [0.29, 0.717) is 32.2 Å². The number of Topliss-reactive ketones (excluding diaryl/α,β-unsaturated/α-hetero) is 1. The molecule has 2 amide bonds. The Kier molecular flexibility index (Phi) is 9.83. The third-order valence-electron chi connectivity index (χ3n) is 3.95. The zero-order valence-corrected chi connectivity index (χ0v) is 15.0. The average Bonchev–Trinajstić information content (AvgIpc) is 2.77. The second-order valence-electron chi connectivity index (χ2n) is 6.13. The summed E-state index contributed by atoms with van der Waals surface area (Å²) in [6, 6.07) is -1.32. The Morgan fingerprint density at radius 2 is 1.75 bits per heavy atom. The summed E-state index contributed by atoms with van der Waals surface area (Å²) < 4.78 is 12.1. The molecule has 1 rings (SSSR count). The molecule has 1 unspecified atom stereocenters. The monoisotopic (exact) mass is 359 g/mol. The zero-order chi connectivity index (χ0) is 17.9. The maximum absolute atomic E-state index is 12.2. The number of carbonyl (C=O) groups is 4. The van der Waals surface area contributed by atoms with Crippen molar-refractivity contribution < 1.29 is 23.6 Å². The Hall–Kier alpha value is -1.24. The van der Waals surface area contributed by atoms with Gasteiger partial charge in [0.05, 0.1) is 5.25 Å². The lowest BCUT2D eigenvalue weighted by Crippen LogP contribution is -2.32. The molecule has 0 aromatic carbocycles. The minimum atomic E-state index is -1.32.